The molecule has 7 heteroatoms. The Balaban J connectivity index is 2.36. The molecule has 0 radical (unpaired) electrons. The summed E-state index contributed by atoms with van der Waals surface area (Å²) in [5.74, 6) is -1.49. The molecule has 0 saturated carbocycles. The summed E-state index contributed by atoms with van der Waals surface area (Å²) in [4.78, 5) is 0. The van der Waals surface area contributed by atoms with Gasteiger partial charge in [-0.05, 0) is 50.9 Å². The van der Waals surface area contributed by atoms with E-state index in [9.17, 15) is 8.78 Å². The summed E-state index contributed by atoms with van der Waals surface area (Å²) < 4.78 is 39.3. The van der Waals surface area contributed by atoms with E-state index in [2.05, 4.69) is 12.6 Å². The van der Waals surface area contributed by atoms with Gasteiger partial charge in [-0.25, -0.2) is 8.78 Å². The van der Waals surface area contributed by atoms with Crippen molar-refractivity contribution in [3.63, 3.8) is 0 Å². The lowest BCUT2D eigenvalue weighted by Crippen LogP contribution is -2.41. The largest absolute Gasteiger partial charge is 0.491 e. The van der Waals surface area contributed by atoms with Gasteiger partial charge in [0.15, 0.2) is 0 Å². The summed E-state index contributed by atoms with van der Waals surface area (Å²) in [6, 6.07) is 3.71. The van der Waals surface area contributed by atoms with Gasteiger partial charge in [0, 0.05) is 5.75 Å². The zero-order valence-electron chi connectivity index (χ0n) is 13.5. The molecule has 1 fully saturated rings. The van der Waals surface area contributed by atoms with Crippen LogP contribution in [0, 0.1) is 23.0 Å². The second-order valence-corrected chi connectivity index (χ2v) is 6.75. The van der Waals surface area contributed by atoms with Crippen molar-refractivity contribution in [1.82, 2.24) is 0 Å². The highest BCUT2D eigenvalue weighted by Gasteiger charge is 2.52. The summed E-state index contributed by atoms with van der Waals surface area (Å²) in [5, 5.41) is 8.71. The molecule has 1 aromatic carbocycles. The Morgan fingerprint density at radius 3 is 2.09 bits per heavy atom. The molecular weight excluding hydrogens is 319 g/mol. The average Bonchev–Trinajstić information content (AvgIpc) is 2.64. The monoisotopic (exact) mass is 337 g/mol. The van der Waals surface area contributed by atoms with Crippen LogP contribution in [0.5, 0.6) is 0 Å². The Morgan fingerprint density at radius 1 is 1.22 bits per heavy atom. The highest BCUT2D eigenvalue weighted by atomic mass is 32.1. The molecule has 1 aliphatic rings. The predicted octanol–water partition coefficient (Wildman–Crippen LogP) is 3.78. The van der Waals surface area contributed by atoms with E-state index in [-0.39, 0.29) is 5.56 Å². The van der Waals surface area contributed by atoms with E-state index >= 15 is 0 Å². The van der Waals surface area contributed by atoms with E-state index in [1.165, 1.54) is 6.07 Å². The number of rotatable bonds is 3. The topological polar surface area (TPSA) is 42.2 Å². The molecule has 1 aliphatic heterocycles. The first-order chi connectivity index (χ1) is 10.6. The van der Waals surface area contributed by atoms with Crippen molar-refractivity contribution in [2.75, 3.05) is 5.75 Å². The van der Waals surface area contributed by atoms with Crippen LogP contribution in [0.1, 0.15) is 38.8 Å². The number of hydrogen-bond donors (Lipinski definition) is 1. The van der Waals surface area contributed by atoms with Crippen LogP contribution in [0.15, 0.2) is 17.6 Å². The molecule has 0 unspecified atom stereocenters. The van der Waals surface area contributed by atoms with Crippen molar-refractivity contribution in [3.05, 3.63) is 40.4 Å². The van der Waals surface area contributed by atoms with Crippen molar-refractivity contribution in [1.29, 1.82) is 5.26 Å². The molecule has 0 spiro atoms. The smallest absolute Gasteiger partial charge is 0.400 e. The fourth-order valence-corrected chi connectivity index (χ4v) is 2.42. The van der Waals surface area contributed by atoms with Gasteiger partial charge in [-0.2, -0.15) is 17.9 Å². The minimum Gasteiger partial charge on any atom is -0.400 e. The highest BCUT2D eigenvalue weighted by molar-refractivity contribution is 7.80. The van der Waals surface area contributed by atoms with Gasteiger partial charge in [0.1, 0.15) is 23.3 Å². The van der Waals surface area contributed by atoms with Gasteiger partial charge in [-0.3, -0.25) is 0 Å². The fraction of sp³-hybridized carbons (Fsp3) is 0.438. The summed E-state index contributed by atoms with van der Waals surface area (Å²) in [7, 11) is -0.640. The van der Waals surface area contributed by atoms with Crippen LogP contribution >= 0.6 is 12.6 Å². The van der Waals surface area contributed by atoms with E-state index in [1.807, 2.05) is 27.7 Å². The molecule has 1 aromatic rings. The summed E-state index contributed by atoms with van der Waals surface area (Å²) >= 11 is 4.26. The minimum absolute atomic E-state index is 0.290. The quantitative estimate of drug-likeness (QED) is 0.674. The van der Waals surface area contributed by atoms with Gasteiger partial charge in [-0.1, -0.05) is 6.08 Å². The van der Waals surface area contributed by atoms with Gasteiger partial charge in [0.05, 0.1) is 11.2 Å². The van der Waals surface area contributed by atoms with Gasteiger partial charge in [-0.15, -0.1) is 0 Å². The van der Waals surface area contributed by atoms with Gasteiger partial charge in [0.2, 0.25) is 0 Å². The first-order valence-corrected chi connectivity index (χ1v) is 7.80. The Hall–Kier alpha value is -1.36. The maximum atomic E-state index is 13.7. The SMILES string of the molecule is CC1(C)OB(C(=Cc2cc(F)c(C#N)c(F)c2)CS)OC1(C)C. The number of nitrogens with zero attached hydrogens (tertiary/aromatic N) is 1. The first-order valence-electron chi connectivity index (χ1n) is 7.17. The number of benzene rings is 1. The van der Waals surface area contributed by atoms with Gasteiger partial charge < -0.3 is 9.31 Å². The molecule has 122 valence electrons. The molecule has 0 N–H and O–H groups in total. The lowest BCUT2D eigenvalue weighted by atomic mass is 9.78. The van der Waals surface area contributed by atoms with Crippen LogP contribution in [0.3, 0.4) is 0 Å². The zero-order chi connectivity index (χ0) is 17.4. The fourth-order valence-electron chi connectivity index (χ4n) is 2.18. The van der Waals surface area contributed by atoms with E-state index in [1.54, 1.807) is 6.08 Å². The molecular formula is C16H18BF2NO2S. The molecule has 0 aromatic heterocycles. The summed E-state index contributed by atoms with van der Waals surface area (Å²) in [6.45, 7) is 7.68. The molecule has 2 rings (SSSR count). The summed E-state index contributed by atoms with van der Waals surface area (Å²) in [5.41, 5.74) is -0.680. The Labute approximate surface area is 140 Å². The molecule has 0 aliphatic carbocycles. The van der Waals surface area contributed by atoms with Crippen molar-refractivity contribution in [3.8, 4) is 6.07 Å². The second-order valence-electron chi connectivity index (χ2n) is 6.44. The third kappa shape index (κ3) is 3.44. The van der Waals surface area contributed by atoms with Crippen LogP contribution in [-0.2, 0) is 9.31 Å². The standard InChI is InChI=1S/C16H18BF2NO2S/c1-15(2)16(3,4)22-17(21-15)11(9-23)5-10-6-13(18)12(8-20)14(19)7-10/h5-7,23H,9H2,1-4H3. The molecule has 0 amide bonds. The molecule has 23 heavy (non-hydrogen) atoms. The third-order valence-corrected chi connectivity index (χ3v) is 4.63. The van der Waals surface area contributed by atoms with Crippen LogP contribution in [0.25, 0.3) is 6.08 Å². The lowest BCUT2D eigenvalue weighted by Gasteiger charge is -2.32. The lowest BCUT2D eigenvalue weighted by molar-refractivity contribution is 0.00578. The third-order valence-electron chi connectivity index (χ3n) is 4.27. The second kappa shape index (κ2) is 6.27. The molecule has 3 nitrogen and oxygen atoms in total. The van der Waals surface area contributed by atoms with Gasteiger partial charge in [0.25, 0.3) is 0 Å². The summed E-state index contributed by atoms with van der Waals surface area (Å²) in [6.07, 6.45) is 1.57. The Kier molecular flexibility index (Phi) is 4.90. The number of thiol groups is 1. The molecule has 1 saturated heterocycles. The van der Waals surface area contributed by atoms with E-state index in [4.69, 9.17) is 14.6 Å². The van der Waals surface area contributed by atoms with Crippen LogP contribution in [0.2, 0.25) is 0 Å². The van der Waals surface area contributed by atoms with E-state index in [0.717, 1.165) is 12.1 Å². The zero-order valence-corrected chi connectivity index (χ0v) is 14.4. The van der Waals surface area contributed by atoms with E-state index in [0.29, 0.717) is 11.2 Å². The van der Waals surface area contributed by atoms with Crippen molar-refractivity contribution in [2.24, 2.45) is 0 Å². The minimum atomic E-state index is -0.897. The average molecular weight is 337 g/mol. The Bertz CT molecular complexity index is 659. The molecule has 1 heterocycles. The highest BCUT2D eigenvalue weighted by Crippen LogP contribution is 2.39. The van der Waals surface area contributed by atoms with Crippen LogP contribution in [0.4, 0.5) is 8.78 Å². The molecule has 0 atom stereocenters. The maximum absolute atomic E-state index is 13.7. The first kappa shape index (κ1) is 18.0. The van der Waals surface area contributed by atoms with E-state index < -0.39 is 35.5 Å². The predicted molar refractivity (Wildman–Crippen MR) is 89.0 cm³/mol. The van der Waals surface area contributed by atoms with Crippen molar-refractivity contribution in [2.45, 2.75) is 38.9 Å². The number of hydrogen-bond acceptors (Lipinski definition) is 4. The van der Waals surface area contributed by atoms with Crippen LogP contribution < -0.4 is 0 Å². The number of nitriles is 1. The van der Waals surface area contributed by atoms with Crippen molar-refractivity contribution >= 4 is 25.8 Å². The normalized spacial score (nSPS) is 19.7. The Morgan fingerprint density at radius 2 is 1.70 bits per heavy atom. The maximum Gasteiger partial charge on any atom is 0.491 e. The van der Waals surface area contributed by atoms with Crippen molar-refractivity contribution < 1.29 is 18.1 Å². The van der Waals surface area contributed by atoms with Gasteiger partial charge >= 0.3 is 7.12 Å². The molecule has 0 bridgehead atoms. The number of halogens is 2. The van der Waals surface area contributed by atoms with Crippen LogP contribution in [-0.4, -0.2) is 24.1 Å².